The molecule has 0 saturated carbocycles. The van der Waals surface area contributed by atoms with Crippen molar-refractivity contribution < 1.29 is 16.8 Å². The maximum atomic E-state index is 12.7. The molecule has 1 aliphatic rings. The Morgan fingerprint density at radius 3 is 2.00 bits per heavy atom. The van der Waals surface area contributed by atoms with E-state index in [0.717, 1.165) is 23.6 Å². The Balaban J connectivity index is 1.58. The summed E-state index contributed by atoms with van der Waals surface area (Å²) < 4.78 is 54.5. The third-order valence-electron chi connectivity index (χ3n) is 4.84. The van der Waals surface area contributed by atoms with Crippen molar-refractivity contribution in [2.24, 2.45) is 0 Å². The minimum absolute atomic E-state index is 0.0148. The Labute approximate surface area is 164 Å². The lowest BCUT2D eigenvalue weighted by Crippen LogP contribution is -2.27. The summed E-state index contributed by atoms with van der Waals surface area (Å²) in [5.41, 5.74) is 0.451. The Hall–Kier alpha value is -2.42. The smallest absolute Gasteiger partial charge is 0.261 e. The number of sulfonamides is 2. The minimum Gasteiger partial charge on any atom is -0.280 e. The maximum absolute atomic E-state index is 12.7. The van der Waals surface area contributed by atoms with E-state index in [0.29, 0.717) is 18.8 Å². The Morgan fingerprint density at radius 1 is 0.714 bits per heavy atom. The predicted octanol–water partition coefficient (Wildman–Crippen LogP) is 3.43. The van der Waals surface area contributed by atoms with E-state index in [1.54, 1.807) is 12.1 Å². The highest BCUT2D eigenvalue weighted by Crippen LogP contribution is 2.24. The first-order valence-electron chi connectivity index (χ1n) is 8.98. The molecule has 6 nitrogen and oxygen atoms in total. The first kappa shape index (κ1) is 18.9. The molecule has 3 aromatic rings. The number of benzene rings is 3. The molecular formula is C20H20N2O4S2. The highest BCUT2D eigenvalue weighted by atomic mass is 32.2. The van der Waals surface area contributed by atoms with Crippen molar-refractivity contribution in [3.8, 4) is 0 Å². The van der Waals surface area contributed by atoms with Crippen LogP contribution in [0.3, 0.4) is 0 Å². The molecular weight excluding hydrogens is 396 g/mol. The number of anilines is 1. The first-order valence-corrected chi connectivity index (χ1v) is 11.9. The number of rotatable bonds is 5. The lowest BCUT2D eigenvalue weighted by molar-refractivity contribution is 0.477. The number of nitrogens with zero attached hydrogens (tertiary/aromatic N) is 1. The van der Waals surface area contributed by atoms with Gasteiger partial charge in [-0.3, -0.25) is 4.72 Å². The Bertz CT molecular complexity index is 1210. The highest BCUT2D eigenvalue weighted by molar-refractivity contribution is 7.92. The molecule has 146 valence electrons. The second-order valence-electron chi connectivity index (χ2n) is 6.75. The van der Waals surface area contributed by atoms with Gasteiger partial charge in [0.25, 0.3) is 10.0 Å². The molecule has 1 heterocycles. The van der Waals surface area contributed by atoms with Crippen molar-refractivity contribution >= 4 is 36.5 Å². The summed E-state index contributed by atoms with van der Waals surface area (Å²) in [4.78, 5) is 0.125. The van der Waals surface area contributed by atoms with Crippen LogP contribution in [-0.2, 0) is 20.0 Å². The van der Waals surface area contributed by atoms with E-state index < -0.39 is 20.0 Å². The molecule has 8 heteroatoms. The molecule has 1 saturated heterocycles. The third kappa shape index (κ3) is 3.63. The van der Waals surface area contributed by atoms with E-state index in [2.05, 4.69) is 4.72 Å². The van der Waals surface area contributed by atoms with E-state index in [-0.39, 0.29) is 9.79 Å². The van der Waals surface area contributed by atoms with E-state index in [9.17, 15) is 16.8 Å². The average molecular weight is 417 g/mol. The SMILES string of the molecule is O=S(=O)(Nc1ccc2ccccc2c1)c1ccc(S(=O)(=O)N2CCCC2)cc1. The zero-order valence-electron chi connectivity index (χ0n) is 15.1. The van der Waals surface area contributed by atoms with Gasteiger partial charge in [0, 0.05) is 18.8 Å². The van der Waals surface area contributed by atoms with Crippen LogP contribution in [0.15, 0.2) is 76.5 Å². The lowest BCUT2D eigenvalue weighted by atomic mass is 10.1. The molecule has 1 fully saturated rings. The summed E-state index contributed by atoms with van der Waals surface area (Å²) in [6.45, 7) is 1.01. The molecule has 1 aliphatic heterocycles. The van der Waals surface area contributed by atoms with Crippen LogP contribution in [0.1, 0.15) is 12.8 Å². The van der Waals surface area contributed by atoms with E-state index in [1.165, 1.54) is 28.6 Å². The number of fused-ring (bicyclic) bond motifs is 1. The summed E-state index contributed by atoms with van der Waals surface area (Å²) in [5.74, 6) is 0. The third-order valence-corrected chi connectivity index (χ3v) is 8.15. The molecule has 0 aromatic heterocycles. The first-order chi connectivity index (χ1) is 13.4. The summed E-state index contributed by atoms with van der Waals surface area (Å²) >= 11 is 0. The van der Waals surface area contributed by atoms with Crippen LogP contribution in [0.5, 0.6) is 0 Å². The van der Waals surface area contributed by atoms with E-state index >= 15 is 0 Å². The van der Waals surface area contributed by atoms with Gasteiger partial charge in [-0.2, -0.15) is 4.31 Å². The number of hydrogen-bond acceptors (Lipinski definition) is 4. The van der Waals surface area contributed by atoms with Crippen LogP contribution in [-0.4, -0.2) is 34.2 Å². The lowest BCUT2D eigenvalue weighted by Gasteiger charge is -2.15. The molecule has 0 radical (unpaired) electrons. The topological polar surface area (TPSA) is 83.5 Å². The fourth-order valence-corrected chi connectivity index (χ4v) is 5.90. The van der Waals surface area contributed by atoms with Crippen molar-refractivity contribution in [1.82, 2.24) is 4.31 Å². The largest absolute Gasteiger partial charge is 0.280 e. The molecule has 4 rings (SSSR count). The minimum atomic E-state index is -3.82. The monoisotopic (exact) mass is 416 g/mol. The van der Waals surface area contributed by atoms with E-state index in [4.69, 9.17) is 0 Å². The van der Waals surface area contributed by atoms with Crippen LogP contribution >= 0.6 is 0 Å². The molecule has 0 unspecified atom stereocenters. The number of nitrogens with one attached hydrogen (secondary N) is 1. The summed E-state index contributed by atoms with van der Waals surface area (Å²) in [6, 6.07) is 18.3. The van der Waals surface area contributed by atoms with Crippen molar-refractivity contribution in [3.63, 3.8) is 0 Å². The van der Waals surface area contributed by atoms with Gasteiger partial charge in [0.15, 0.2) is 0 Å². The second kappa shape index (κ2) is 7.20. The van der Waals surface area contributed by atoms with Gasteiger partial charge in [0.2, 0.25) is 10.0 Å². The van der Waals surface area contributed by atoms with Gasteiger partial charge in [0.1, 0.15) is 0 Å². The molecule has 0 spiro atoms. The molecule has 28 heavy (non-hydrogen) atoms. The van der Waals surface area contributed by atoms with Crippen molar-refractivity contribution in [2.45, 2.75) is 22.6 Å². The molecule has 0 bridgehead atoms. The molecule has 0 amide bonds. The van der Waals surface area contributed by atoms with Crippen LogP contribution in [0, 0.1) is 0 Å². The zero-order valence-corrected chi connectivity index (χ0v) is 16.7. The summed E-state index contributed by atoms with van der Waals surface area (Å²) in [5, 5.41) is 1.94. The molecule has 1 N–H and O–H groups in total. The van der Waals surface area contributed by atoms with Crippen LogP contribution in [0.2, 0.25) is 0 Å². The maximum Gasteiger partial charge on any atom is 0.261 e. The highest BCUT2D eigenvalue weighted by Gasteiger charge is 2.27. The normalized spacial score (nSPS) is 15.7. The fourth-order valence-electron chi connectivity index (χ4n) is 3.34. The van der Waals surface area contributed by atoms with Crippen molar-refractivity contribution in [3.05, 3.63) is 66.7 Å². The summed E-state index contributed by atoms with van der Waals surface area (Å²) in [7, 11) is -7.39. The van der Waals surface area contributed by atoms with Gasteiger partial charge in [0.05, 0.1) is 9.79 Å². The zero-order chi connectivity index (χ0) is 19.8. The Kier molecular flexibility index (Phi) is 4.86. The molecule has 0 aliphatic carbocycles. The summed E-state index contributed by atoms with van der Waals surface area (Å²) in [6.07, 6.45) is 1.70. The van der Waals surface area contributed by atoms with Crippen LogP contribution in [0.25, 0.3) is 10.8 Å². The quantitative estimate of drug-likeness (QED) is 0.691. The van der Waals surface area contributed by atoms with Gasteiger partial charge in [-0.05, 0) is 60.0 Å². The van der Waals surface area contributed by atoms with Crippen molar-refractivity contribution in [1.29, 1.82) is 0 Å². The second-order valence-corrected chi connectivity index (χ2v) is 10.4. The predicted molar refractivity (Wildman–Crippen MR) is 109 cm³/mol. The van der Waals surface area contributed by atoms with E-state index in [1.807, 2.05) is 30.3 Å². The van der Waals surface area contributed by atoms with Gasteiger partial charge in [-0.1, -0.05) is 30.3 Å². The van der Waals surface area contributed by atoms with Gasteiger partial charge in [-0.15, -0.1) is 0 Å². The average Bonchev–Trinajstić information content (AvgIpc) is 3.23. The van der Waals surface area contributed by atoms with Gasteiger partial charge >= 0.3 is 0 Å². The van der Waals surface area contributed by atoms with Gasteiger partial charge < -0.3 is 0 Å². The molecule has 0 atom stereocenters. The van der Waals surface area contributed by atoms with Crippen LogP contribution in [0.4, 0.5) is 5.69 Å². The molecule has 3 aromatic carbocycles. The van der Waals surface area contributed by atoms with Gasteiger partial charge in [-0.25, -0.2) is 16.8 Å². The van der Waals surface area contributed by atoms with Crippen LogP contribution < -0.4 is 4.72 Å². The Morgan fingerprint density at radius 2 is 1.32 bits per heavy atom. The standard InChI is InChI=1S/C20H20N2O4S2/c23-27(24,21-18-8-7-16-5-1-2-6-17(16)15-18)19-9-11-20(12-10-19)28(25,26)22-13-3-4-14-22/h1-2,5-12,15,21H,3-4,13-14H2. The number of hydrogen-bond donors (Lipinski definition) is 1. The fraction of sp³-hybridized carbons (Fsp3) is 0.200. The van der Waals surface area contributed by atoms with Crippen molar-refractivity contribution in [2.75, 3.05) is 17.8 Å².